The Morgan fingerprint density at radius 2 is 1.88 bits per heavy atom. The lowest BCUT2D eigenvalue weighted by Gasteiger charge is -2.29. The molecule has 2 N–H and O–H groups in total. The van der Waals surface area contributed by atoms with Crippen LogP contribution in [0.1, 0.15) is 18.5 Å². The molecule has 6 heteroatoms. The largest absolute Gasteiger partial charge is 0.378 e. The topological polar surface area (TPSA) is 36.5 Å². The van der Waals surface area contributed by atoms with Crippen molar-refractivity contribution in [2.45, 2.75) is 13.0 Å². The van der Waals surface area contributed by atoms with Crippen molar-refractivity contribution in [3.8, 4) is 0 Å². The highest BCUT2D eigenvalue weighted by Gasteiger charge is 2.12. The smallest absolute Gasteiger partial charge is 0.171 e. The number of ether oxygens (including phenoxy) is 1. The summed E-state index contributed by atoms with van der Waals surface area (Å²) in [7, 11) is 0. The first kappa shape index (κ1) is 18.0. The molecule has 2 aromatic carbocycles. The van der Waals surface area contributed by atoms with E-state index in [-0.39, 0.29) is 6.04 Å². The summed E-state index contributed by atoms with van der Waals surface area (Å²) in [5, 5.41) is 7.72. The van der Waals surface area contributed by atoms with Crippen molar-refractivity contribution in [3.05, 3.63) is 59.1 Å². The lowest BCUT2D eigenvalue weighted by Crippen LogP contribution is -2.36. The van der Waals surface area contributed by atoms with Crippen molar-refractivity contribution in [1.29, 1.82) is 0 Å². The Morgan fingerprint density at radius 3 is 2.56 bits per heavy atom. The first-order chi connectivity index (χ1) is 12.1. The molecule has 0 aliphatic carbocycles. The monoisotopic (exact) mass is 375 g/mol. The summed E-state index contributed by atoms with van der Waals surface area (Å²) >= 11 is 11.4. The van der Waals surface area contributed by atoms with Gasteiger partial charge in [-0.2, -0.15) is 0 Å². The number of rotatable bonds is 4. The SMILES string of the molecule is CC(NC(=S)Nc1cccc(Cl)c1)c1ccc(N2CCOCC2)cc1. The van der Waals surface area contributed by atoms with E-state index in [0.717, 1.165) is 32.0 Å². The van der Waals surface area contributed by atoms with Gasteiger partial charge >= 0.3 is 0 Å². The van der Waals surface area contributed by atoms with Crippen LogP contribution in [0.3, 0.4) is 0 Å². The molecule has 0 spiro atoms. The third kappa shape index (κ3) is 5.08. The van der Waals surface area contributed by atoms with E-state index in [1.165, 1.54) is 11.3 Å². The van der Waals surface area contributed by atoms with Gasteiger partial charge in [0.1, 0.15) is 0 Å². The predicted molar refractivity (Wildman–Crippen MR) is 109 cm³/mol. The van der Waals surface area contributed by atoms with Crippen molar-refractivity contribution in [2.75, 3.05) is 36.5 Å². The number of anilines is 2. The van der Waals surface area contributed by atoms with Gasteiger partial charge in [0.15, 0.2) is 5.11 Å². The number of benzene rings is 2. The molecule has 0 bridgehead atoms. The van der Waals surface area contributed by atoms with Crippen LogP contribution in [0.15, 0.2) is 48.5 Å². The number of halogens is 1. The van der Waals surface area contributed by atoms with Crippen molar-refractivity contribution in [2.24, 2.45) is 0 Å². The molecule has 0 radical (unpaired) electrons. The van der Waals surface area contributed by atoms with Crippen LogP contribution >= 0.6 is 23.8 Å². The second-order valence-electron chi connectivity index (χ2n) is 6.02. The van der Waals surface area contributed by atoms with Gasteiger partial charge < -0.3 is 20.3 Å². The van der Waals surface area contributed by atoms with E-state index in [1.54, 1.807) is 0 Å². The number of morpholine rings is 1. The fourth-order valence-electron chi connectivity index (χ4n) is 2.81. The van der Waals surface area contributed by atoms with Gasteiger partial charge in [0.25, 0.3) is 0 Å². The Labute approximate surface area is 159 Å². The number of hydrogen-bond acceptors (Lipinski definition) is 3. The molecular weight excluding hydrogens is 354 g/mol. The molecule has 1 unspecified atom stereocenters. The zero-order valence-electron chi connectivity index (χ0n) is 14.2. The highest BCUT2D eigenvalue weighted by Crippen LogP contribution is 2.20. The first-order valence-electron chi connectivity index (χ1n) is 8.37. The zero-order valence-corrected chi connectivity index (χ0v) is 15.7. The fourth-order valence-corrected chi connectivity index (χ4v) is 3.29. The third-order valence-corrected chi connectivity index (χ3v) is 4.65. The van der Waals surface area contributed by atoms with Gasteiger partial charge in [0.2, 0.25) is 0 Å². The number of nitrogens with one attached hydrogen (secondary N) is 2. The summed E-state index contributed by atoms with van der Waals surface area (Å²) in [5.41, 5.74) is 3.30. The number of nitrogens with zero attached hydrogens (tertiary/aromatic N) is 1. The zero-order chi connectivity index (χ0) is 17.6. The van der Waals surface area contributed by atoms with Crippen LogP contribution in [0.4, 0.5) is 11.4 Å². The molecule has 25 heavy (non-hydrogen) atoms. The van der Waals surface area contributed by atoms with E-state index in [4.69, 9.17) is 28.6 Å². The van der Waals surface area contributed by atoms with Gasteiger partial charge in [0, 0.05) is 29.5 Å². The average molecular weight is 376 g/mol. The summed E-state index contributed by atoms with van der Waals surface area (Å²) in [5.74, 6) is 0. The van der Waals surface area contributed by atoms with Gasteiger partial charge in [-0.25, -0.2) is 0 Å². The Kier molecular flexibility index (Phi) is 6.13. The van der Waals surface area contributed by atoms with E-state index in [1.807, 2.05) is 24.3 Å². The van der Waals surface area contributed by atoms with Gasteiger partial charge in [-0.05, 0) is 55.0 Å². The molecule has 0 amide bonds. The minimum absolute atomic E-state index is 0.109. The van der Waals surface area contributed by atoms with Gasteiger partial charge in [-0.1, -0.05) is 29.8 Å². The third-order valence-electron chi connectivity index (χ3n) is 4.20. The molecule has 1 fully saturated rings. The van der Waals surface area contributed by atoms with Crippen molar-refractivity contribution >= 4 is 40.3 Å². The second-order valence-corrected chi connectivity index (χ2v) is 6.87. The van der Waals surface area contributed by atoms with Crippen molar-refractivity contribution < 1.29 is 4.74 Å². The van der Waals surface area contributed by atoms with E-state index >= 15 is 0 Å². The van der Waals surface area contributed by atoms with Gasteiger partial charge in [0.05, 0.1) is 19.3 Å². The molecular formula is C19H22ClN3OS. The van der Waals surface area contributed by atoms with Crippen LogP contribution in [0, 0.1) is 0 Å². The highest BCUT2D eigenvalue weighted by atomic mass is 35.5. The molecule has 0 saturated carbocycles. The first-order valence-corrected chi connectivity index (χ1v) is 9.16. The minimum Gasteiger partial charge on any atom is -0.378 e. The Balaban J connectivity index is 1.57. The maximum absolute atomic E-state index is 5.99. The number of thiocarbonyl (C=S) groups is 1. The molecule has 1 aliphatic rings. The predicted octanol–water partition coefficient (Wildman–Crippen LogP) is 4.22. The fraction of sp³-hybridized carbons (Fsp3) is 0.316. The van der Waals surface area contributed by atoms with Gasteiger partial charge in [-0.3, -0.25) is 0 Å². The normalized spacial score (nSPS) is 15.5. The lowest BCUT2D eigenvalue weighted by molar-refractivity contribution is 0.122. The molecule has 132 valence electrons. The minimum atomic E-state index is 0.109. The van der Waals surface area contributed by atoms with E-state index < -0.39 is 0 Å². The summed E-state index contributed by atoms with van der Waals surface area (Å²) in [4.78, 5) is 2.34. The van der Waals surface area contributed by atoms with E-state index in [0.29, 0.717) is 10.1 Å². The lowest BCUT2D eigenvalue weighted by atomic mass is 10.1. The highest BCUT2D eigenvalue weighted by molar-refractivity contribution is 7.80. The van der Waals surface area contributed by atoms with Crippen LogP contribution in [-0.2, 0) is 4.74 Å². The standard InChI is InChI=1S/C19H22ClN3OS/c1-14(21-19(25)22-17-4-2-3-16(20)13-17)15-5-7-18(8-6-15)23-9-11-24-12-10-23/h2-8,13-14H,9-12H2,1H3,(H2,21,22,25). The summed E-state index contributed by atoms with van der Waals surface area (Å²) in [6, 6.07) is 16.2. The Morgan fingerprint density at radius 1 is 1.16 bits per heavy atom. The maximum atomic E-state index is 5.99. The van der Waals surface area contributed by atoms with Gasteiger partial charge in [-0.15, -0.1) is 0 Å². The van der Waals surface area contributed by atoms with Crippen molar-refractivity contribution in [3.63, 3.8) is 0 Å². The van der Waals surface area contributed by atoms with E-state index in [9.17, 15) is 0 Å². The van der Waals surface area contributed by atoms with Crippen LogP contribution < -0.4 is 15.5 Å². The Bertz CT molecular complexity index is 717. The Hall–Kier alpha value is -1.82. The summed E-state index contributed by atoms with van der Waals surface area (Å²) in [6.45, 7) is 5.57. The summed E-state index contributed by atoms with van der Waals surface area (Å²) < 4.78 is 5.40. The molecule has 1 saturated heterocycles. The molecule has 1 aliphatic heterocycles. The van der Waals surface area contributed by atoms with E-state index in [2.05, 4.69) is 46.7 Å². The molecule has 1 atom stereocenters. The van der Waals surface area contributed by atoms with Crippen LogP contribution in [0.5, 0.6) is 0 Å². The maximum Gasteiger partial charge on any atom is 0.171 e. The molecule has 2 aromatic rings. The van der Waals surface area contributed by atoms with Crippen LogP contribution in [0.25, 0.3) is 0 Å². The second kappa shape index (κ2) is 8.52. The number of hydrogen-bond donors (Lipinski definition) is 2. The molecule has 4 nitrogen and oxygen atoms in total. The molecule has 1 heterocycles. The van der Waals surface area contributed by atoms with Crippen molar-refractivity contribution in [1.82, 2.24) is 5.32 Å². The average Bonchev–Trinajstić information content (AvgIpc) is 2.62. The molecule has 0 aromatic heterocycles. The molecule has 3 rings (SSSR count). The van der Waals surface area contributed by atoms with Crippen LogP contribution in [-0.4, -0.2) is 31.4 Å². The quantitative estimate of drug-likeness (QED) is 0.782. The summed E-state index contributed by atoms with van der Waals surface area (Å²) in [6.07, 6.45) is 0. The van der Waals surface area contributed by atoms with Crippen LogP contribution in [0.2, 0.25) is 5.02 Å².